The molecule has 126 valence electrons. The zero-order chi connectivity index (χ0) is 17.2. The van der Waals surface area contributed by atoms with Crippen molar-refractivity contribution in [2.75, 3.05) is 6.61 Å². The van der Waals surface area contributed by atoms with E-state index in [0.717, 1.165) is 11.1 Å². The van der Waals surface area contributed by atoms with Gasteiger partial charge < -0.3 is 10.1 Å². The van der Waals surface area contributed by atoms with Crippen LogP contribution in [0.4, 0.5) is 4.79 Å². The first-order valence-corrected chi connectivity index (χ1v) is 8.85. The Labute approximate surface area is 140 Å². The molecule has 0 bridgehead atoms. The number of hydrogen-bond acceptors (Lipinski definition) is 5. The largest absolute Gasteiger partial charge is 0.439 e. The summed E-state index contributed by atoms with van der Waals surface area (Å²) in [6, 6.07) is 14.9. The molecule has 0 aromatic heterocycles. The molecule has 7 heteroatoms. The Hall–Kier alpha value is -2.38. The molecule has 2 aromatic carbocycles. The summed E-state index contributed by atoms with van der Waals surface area (Å²) in [6.45, 7) is 1.66. The van der Waals surface area contributed by atoms with Gasteiger partial charge in [0.05, 0.1) is 17.5 Å². The van der Waals surface area contributed by atoms with E-state index < -0.39 is 28.4 Å². The quantitative estimate of drug-likeness (QED) is 0.841. The van der Waals surface area contributed by atoms with Crippen LogP contribution in [0.3, 0.4) is 0 Å². The number of benzene rings is 2. The number of rotatable bonds is 5. The number of cyclic esters (lactones) is 1. The zero-order valence-electron chi connectivity index (χ0n) is 13.0. The highest BCUT2D eigenvalue weighted by molar-refractivity contribution is 7.86. The highest BCUT2D eigenvalue weighted by Crippen LogP contribution is 2.27. The summed E-state index contributed by atoms with van der Waals surface area (Å²) in [5.41, 5.74) is 1.73. The molecule has 0 aliphatic carbocycles. The first kappa shape index (κ1) is 16.5. The predicted octanol–water partition coefficient (Wildman–Crippen LogP) is 2.55. The molecule has 1 aliphatic heterocycles. The van der Waals surface area contributed by atoms with Crippen LogP contribution in [-0.4, -0.2) is 27.2 Å². The third-order valence-electron chi connectivity index (χ3n) is 3.74. The summed E-state index contributed by atoms with van der Waals surface area (Å²) in [6.07, 6.45) is -1.18. The van der Waals surface area contributed by atoms with Gasteiger partial charge in [-0.1, -0.05) is 48.0 Å². The highest BCUT2D eigenvalue weighted by Gasteiger charge is 2.36. The molecule has 1 saturated heterocycles. The van der Waals surface area contributed by atoms with Crippen LogP contribution in [0.15, 0.2) is 59.5 Å². The molecule has 2 aromatic rings. The number of nitrogens with one attached hydrogen (secondary N) is 1. The van der Waals surface area contributed by atoms with Gasteiger partial charge >= 0.3 is 6.09 Å². The monoisotopic (exact) mass is 347 g/mol. The summed E-state index contributed by atoms with van der Waals surface area (Å²) in [7, 11) is -3.89. The lowest BCUT2D eigenvalue weighted by Gasteiger charge is -2.17. The lowest BCUT2D eigenvalue weighted by Crippen LogP contribution is -2.33. The highest BCUT2D eigenvalue weighted by atomic mass is 32.2. The second kappa shape index (κ2) is 6.62. The Morgan fingerprint density at radius 3 is 2.42 bits per heavy atom. The van der Waals surface area contributed by atoms with Crippen molar-refractivity contribution in [3.05, 3.63) is 65.7 Å². The second-order valence-electron chi connectivity index (χ2n) is 5.54. The molecule has 0 spiro atoms. The third-order valence-corrected chi connectivity index (χ3v) is 5.04. The minimum absolute atomic E-state index is 0.0783. The van der Waals surface area contributed by atoms with Crippen LogP contribution in [0.5, 0.6) is 0 Å². The minimum atomic E-state index is -3.89. The van der Waals surface area contributed by atoms with Gasteiger partial charge in [-0.05, 0) is 24.6 Å². The van der Waals surface area contributed by atoms with E-state index in [-0.39, 0.29) is 11.5 Å². The van der Waals surface area contributed by atoms with E-state index in [1.807, 2.05) is 37.3 Å². The van der Waals surface area contributed by atoms with Crippen molar-refractivity contribution in [3.8, 4) is 0 Å². The van der Waals surface area contributed by atoms with Crippen molar-refractivity contribution < 1.29 is 22.1 Å². The zero-order valence-corrected chi connectivity index (χ0v) is 13.8. The fourth-order valence-electron chi connectivity index (χ4n) is 2.47. The predicted molar refractivity (Wildman–Crippen MR) is 86.9 cm³/mol. The van der Waals surface area contributed by atoms with Crippen molar-refractivity contribution in [1.82, 2.24) is 5.32 Å². The molecule has 24 heavy (non-hydrogen) atoms. The smallest absolute Gasteiger partial charge is 0.408 e. The van der Waals surface area contributed by atoms with Gasteiger partial charge in [-0.25, -0.2) is 4.79 Å². The minimum Gasteiger partial charge on any atom is -0.439 e. The lowest BCUT2D eigenvalue weighted by molar-refractivity contribution is 0.123. The van der Waals surface area contributed by atoms with Crippen LogP contribution >= 0.6 is 0 Å². The van der Waals surface area contributed by atoms with Gasteiger partial charge in [0.1, 0.15) is 0 Å². The molecule has 0 saturated carbocycles. The van der Waals surface area contributed by atoms with Crippen LogP contribution in [-0.2, 0) is 19.0 Å². The topological polar surface area (TPSA) is 81.7 Å². The number of carbonyl (C=O) groups excluding carboxylic acids is 1. The number of hydrogen-bond donors (Lipinski definition) is 1. The molecule has 0 radical (unpaired) electrons. The van der Waals surface area contributed by atoms with Crippen molar-refractivity contribution >= 4 is 16.2 Å². The molecular weight excluding hydrogens is 330 g/mol. The molecule has 6 nitrogen and oxygen atoms in total. The molecular formula is C17H17NO5S. The Morgan fingerprint density at radius 2 is 1.75 bits per heavy atom. The number of ether oxygens (including phenoxy) is 1. The Balaban J connectivity index is 1.72. The third kappa shape index (κ3) is 3.58. The van der Waals surface area contributed by atoms with Gasteiger partial charge in [0.25, 0.3) is 10.1 Å². The maximum absolute atomic E-state index is 12.2. The average molecular weight is 347 g/mol. The number of aryl methyl sites for hydroxylation is 1. The Bertz CT molecular complexity index is 818. The number of carbonyl (C=O) groups is 1. The van der Waals surface area contributed by atoms with E-state index >= 15 is 0 Å². The second-order valence-corrected chi connectivity index (χ2v) is 7.15. The van der Waals surface area contributed by atoms with Gasteiger partial charge in [-0.15, -0.1) is 0 Å². The molecule has 1 heterocycles. The van der Waals surface area contributed by atoms with Crippen molar-refractivity contribution in [1.29, 1.82) is 0 Å². The normalized spacial score (nSPS) is 20.5. The SMILES string of the molecule is Cc1ccc(S(=O)(=O)OC[C@@H]2NC(=O)O[C@H]2c2ccccc2)cc1. The van der Waals surface area contributed by atoms with Crippen LogP contribution in [0, 0.1) is 6.92 Å². The van der Waals surface area contributed by atoms with Gasteiger partial charge in [0.15, 0.2) is 6.10 Å². The van der Waals surface area contributed by atoms with Crippen LogP contribution < -0.4 is 5.32 Å². The van der Waals surface area contributed by atoms with E-state index in [9.17, 15) is 13.2 Å². The van der Waals surface area contributed by atoms with E-state index in [1.54, 1.807) is 12.1 Å². The molecule has 2 atom stereocenters. The molecule has 1 aliphatic rings. The molecule has 1 N–H and O–H groups in total. The molecule has 1 fully saturated rings. The van der Waals surface area contributed by atoms with Gasteiger partial charge in [0, 0.05) is 0 Å². The van der Waals surface area contributed by atoms with Crippen LogP contribution in [0.1, 0.15) is 17.2 Å². The summed E-state index contributed by atoms with van der Waals surface area (Å²) in [4.78, 5) is 11.6. The fourth-order valence-corrected chi connectivity index (χ4v) is 3.40. The summed E-state index contributed by atoms with van der Waals surface area (Å²) >= 11 is 0. The molecule has 3 rings (SSSR count). The standard InChI is InChI=1S/C17H17NO5S/c1-12-7-9-14(10-8-12)24(20,21)22-11-15-16(23-17(19)18-15)13-5-3-2-4-6-13/h2-10,15-16H,11H2,1H3,(H,18,19)/t15-,16-/m0/s1. The molecule has 1 amide bonds. The van der Waals surface area contributed by atoms with E-state index in [0.29, 0.717) is 0 Å². The van der Waals surface area contributed by atoms with Gasteiger partial charge in [-0.3, -0.25) is 4.18 Å². The number of alkyl carbamates (subject to hydrolysis) is 1. The number of amides is 1. The Morgan fingerprint density at radius 1 is 1.08 bits per heavy atom. The van der Waals surface area contributed by atoms with Crippen molar-refractivity contribution in [2.24, 2.45) is 0 Å². The maximum atomic E-state index is 12.2. The summed E-state index contributed by atoms with van der Waals surface area (Å²) in [5.74, 6) is 0. The van der Waals surface area contributed by atoms with Gasteiger partial charge in [-0.2, -0.15) is 8.42 Å². The average Bonchev–Trinajstić information content (AvgIpc) is 2.95. The van der Waals surface area contributed by atoms with E-state index in [1.165, 1.54) is 12.1 Å². The van der Waals surface area contributed by atoms with Gasteiger partial charge in [0.2, 0.25) is 0 Å². The van der Waals surface area contributed by atoms with Crippen LogP contribution in [0.25, 0.3) is 0 Å². The Kier molecular flexibility index (Phi) is 4.55. The molecule has 0 unspecified atom stereocenters. The fraction of sp³-hybridized carbons (Fsp3) is 0.235. The maximum Gasteiger partial charge on any atom is 0.408 e. The summed E-state index contributed by atoms with van der Waals surface area (Å²) in [5, 5.41) is 2.58. The lowest BCUT2D eigenvalue weighted by atomic mass is 10.0. The van der Waals surface area contributed by atoms with Crippen molar-refractivity contribution in [3.63, 3.8) is 0 Å². The summed E-state index contributed by atoms with van der Waals surface area (Å²) < 4.78 is 34.8. The van der Waals surface area contributed by atoms with Crippen molar-refractivity contribution in [2.45, 2.75) is 24.0 Å². The first-order valence-electron chi connectivity index (χ1n) is 7.44. The van der Waals surface area contributed by atoms with Crippen LogP contribution in [0.2, 0.25) is 0 Å². The first-order chi connectivity index (χ1) is 11.5. The van der Waals surface area contributed by atoms with E-state index in [2.05, 4.69) is 5.32 Å². The van der Waals surface area contributed by atoms with E-state index in [4.69, 9.17) is 8.92 Å².